The molecule has 2 aromatic rings. The number of anilines is 1. The van der Waals surface area contributed by atoms with E-state index in [2.05, 4.69) is 4.98 Å². The van der Waals surface area contributed by atoms with Crippen LogP contribution in [0.1, 0.15) is 19.3 Å². The molecule has 0 radical (unpaired) electrons. The van der Waals surface area contributed by atoms with Gasteiger partial charge in [0.25, 0.3) is 0 Å². The molecular formula is C16H18N2O2S. The summed E-state index contributed by atoms with van der Waals surface area (Å²) in [7, 11) is 1.44. The van der Waals surface area contributed by atoms with E-state index in [-0.39, 0.29) is 11.4 Å². The number of thioether (sulfide) groups is 1. The van der Waals surface area contributed by atoms with Crippen molar-refractivity contribution < 1.29 is 9.53 Å². The summed E-state index contributed by atoms with van der Waals surface area (Å²) in [6, 6.07) is 7.90. The van der Waals surface area contributed by atoms with E-state index < -0.39 is 0 Å². The molecule has 4 nitrogen and oxygen atoms in total. The van der Waals surface area contributed by atoms with Crippen molar-refractivity contribution in [3.8, 4) is 0 Å². The number of nitrogens with zero attached hydrogens (tertiary/aromatic N) is 1. The van der Waals surface area contributed by atoms with Gasteiger partial charge in [-0.2, -0.15) is 0 Å². The van der Waals surface area contributed by atoms with E-state index in [9.17, 15) is 4.79 Å². The smallest absolute Gasteiger partial charge is 0.306 e. The lowest BCUT2D eigenvalue weighted by Gasteiger charge is -2.14. The quantitative estimate of drug-likeness (QED) is 0.522. The Morgan fingerprint density at radius 1 is 1.43 bits per heavy atom. The van der Waals surface area contributed by atoms with Crippen molar-refractivity contribution in [2.45, 2.75) is 24.2 Å². The Morgan fingerprint density at radius 3 is 2.95 bits per heavy atom. The highest BCUT2D eigenvalue weighted by atomic mass is 32.2. The zero-order valence-corrected chi connectivity index (χ0v) is 12.8. The van der Waals surface area contributed by atoms with Crippen molar-refractivity contribution in [1.82, 2.24) is 4.98 Å². The molecule has 0 bridgehead atoms. The molecule has 0 saturated heterocycles. The molecule has 1 aliphatic carbocycles. The van der Waals surface area contributed by atoms with Gasteiger partial charge in [0, 0.05) is 22.2 Å². The largest absolute Gasteiger partial charge is 0.469 e. The number of carbonyl (C=O) groups is 1. The van der Waals surface area contributed by atoms with Crippen LogP contribution in [0.5, 0.6) is 0 Å². The molecule has 1 aromatic heterocycles. The molecule has 21 heavy (non-hydrogen) atoms. The van der Waals surface area contributed by atoms with Crippen molar-refractivity contribution in [2.24, 2.45) is 5.41 Å². The fourth-order valence-electron chi connectivity index (χ4n) is 2.44. The molecule has 1 heterocycles. The first-order chi connectivity index (χ1) is 10.1. The zero-order chi connectivity index (χ0) is 14.9. The topological polar surface area (TPSA) is 65.2 Å². The van der Waals surface area contributed by atoms with Crippen LogP contribution in [0.25, 0.3) is 10.9 Å². The fourth-order valence-corrected chi connectivity index (χ4v) is 3.72. The highest BCUT2D eigenvalue weighted by Gasteiger charge is 2.44. The summed E-state index contributed by atoms with van der Waals surface area (Å²) >= 11 is 1.72. The number of hydrogen-bond donors (Lipinski definition) is 1. The number of carbonyl (C=O) groups excluding carboxylic acids is 1. The molecule has 3 rings (SSSR count). The van der Waals surface area contributed by atoms with E-state index >= 15 is 0 Å². The van der Waals surface area contributed by atoms with Crippen LogP contribution in [0.3, 0.4) is 0 Å². The molecule has 110 valence electrons. The third kappa shape index (κ3) is 2.97. The van der Waals surface area contributed by atoms with E-state index in [0.29, 0.717) is 6.42 Å². The molecular weight excluding hydrogens is 284 g/mol. The number of aromatic nitrogens is 1. The Hall–Kier alpha value is -1.75. The maximum Gasteiger partial charge on any atom is 0.306 e. The van der Waals surface area contributed by atoms with Crippen LogP contribution in [-0.2, 0) is 9.53 Å². The normalized spacial score (nSPS) is 15.9. The number of esters is 1. The summed E-state index contributed by atoms with van der Waals surface area (Å²) in [5, 5.41) is 0.986. The Bertz CT molecular complexity index is 683. The monoisotopic (exact) mass is 302 g/mol. The standard InChI is InChI=1S/C16H18N2O2S/c1-20-14(19)9-16(6-7-16)10-21-13-5-4-12-11(15(13)17)3-2-8-18-12/h2-5,8H,6-7,9-10,17H2,1H3. The molecule has 5 heteroatoms. The van der Waals surface area contributed by atoms with Gasteiger partial charge in [0.05, 0.1) is 24.7 Å². The van der Waals surface area contributed by atoms with Crippen LogP contribution < -0.4 is 5.73 Å². The molecule has 1 aliphatic rings. The Kier molecular flexibility index (Phi) is 3.76. The number of benzene rings is 1. The average molecular weight is 302 g/mol. The third-order valence-electron chi connectivity index (χ3n) is 4.02. The van der Waals surface area contributed by atoms with E-state index in [1.165, 1.54) is 7.11 Å². The van der Waals surface area contributed by atoms with Crippen LogP contribution in [0, 0.1) is 5.41 Å². The third-order valence-corrected chi connectivity index (χ3v) is 5.45. The van der Waals surface area contributed by atoms with E-state index in [1.54, 1.807) is 18.0 Å². The van der Waals surface area contributed by atoms with Gasteiger partial charge in [-0.05, 0) is 42.5 Å². The van der Waals surface area contributed by atoms with Gasteiger partial charge in [0.15, 0.2) is 0 Å². The molecule has 0 spiro atoms. The highest BCUT2D eigenvalue weighted by molar-refractivity contribution is 7.99. The minimum Gasteiger partial charge on any atom is -0.469 e. The number of nitrogens with two attached hydrogens (primary N) is 1. The van der Waals surface area contributed by atoms with Gasteiger partial charge in [-0.15, -0.1) is 11.8 Å². The first kappa shape index (κ1) is 14.2. The number of ether oxygens (including phenoxy) is 1. The summed E-state index contributed by atoms with van der Waals surface area (Å²) in [5.41, 5.74) is 8.04. The minimum absolute atomic E-state index is 0.105. The molecule has 0 amide bonds. The lowest BCUT2D eigenvalue weighted by Crippen LogP contribution is -2.13. The van der Waals surface area contributed by atoms with Gasteiger partial charge in [0.1, 0.15) is 0 Å². The predicted octanol–water partition coefficient (Wildman–Crippen LogP) is 3.25. The maximum atomic E-state index is 11.5. The summed E-state index contributed by atoms with van der Waals surface area (Å²) in [6.45, 7) is 0. The van der Waals surface area contributed by atoms with Gasteiger partial charge < -0.3 is 10.5 Å². The molecule has 2 N–H and O–H groups in total. The van der Waals surface area contributed by atoms with Crippen LogP contribution >= 0.6 is 11.8 Å². The van der Waals surface area contributed by atoms with Crippen molar-refractivity contribution in [2.75, 3.05) is 18.6 Å². The van der Waals surface area contributed by atoms with E-state index in [4.69, 9.17) is 10.5 Å². The number of methoxy groups -OCH3 is 1. The molecule has 0 aliphatic heterocycles. The summed E-state index contributed by atoms with van der Waals surface area (Å²) in [6.07, 6.45) is 4.45. The van der Waals surface area contributed by atoms with Crippen molar-refractivity contribution in [1.29, 1.82) is 0 Å². The second-order valence-electron chi connectivity index (χ2n) is 5.59. The first-order valence-corrected chi connectivity index (χ1v) is 7.95. The zero-order valence-electron chi connectivity index (χ0n) is 12.0. The number of hydrogen-bond acceptors (Lipinski definition) is 5. The predicted molar refractivity (Wildman–Crippen MR) is 85.2 cm³/mol. The second kappa shape index (κ2) is 5.56. The fraction of sp³-hybridized carbons (Fsp3) is 0.375. The molecule has 0 unspecified atom stereocenters. The molecule has 1 fully saturated rings. The SMILES string of the molecule is COC(=O)CC1(CSc2ccc3ncccc3c2N)CC1. The number of pyridine rings is 1. The Labute approximate surface area is 128 Å². The molecule has 1 saturated carbocycles. The van der Waals surface area contributed by atoms with Crippen LogP contribution in [0.15, 0.2) is 35.4 Å². The summed E-state index contributed by atoms with van der Waals surface area (Å²) in [5.74, 6) is 0.779. The van der Waals surface area contributed by atoms with Crippen molar-refractivity contribution >= 4 is 34.3 Å². The molecule has 1 aromatic carbocycles. The second-order valence-corrected chi connectivity index (χ2v) is 6.61. The maximum absolute atomic E-state index is 11.5. The lowest BCUT2D eigenvalue weighted by atomic mass is 10.1. The Balaban J connectivity index is 1.74. The van der Waals surface area contributed by atoms with Gasteiger partial charge in [-0.3, -0.25) is 9.78 Å². The lowest BCUT2D eigenvalue weighted by molar-refractivity contribution is -0.141. The van der Waals surface area contributed by atoms with Crippen molar-refractivity contribution in [3.05, 3.63) is 30.5 Å². The number of fused-ring (bicyclic) bond motifs is 1. The number of rotatable bonds is 5. The highest BCUT2D eigenvalue weighted by Crippen LogP contribution is 2.52. The van der Waals surface area contributed by atoms with Crippen molar-refractivity contribution in [3.63, 3.8) is 0 Å². The molecule has 0 atom stereocenters. The van der Waals surface area contributed by atoms with Gasteiger partial charge >= 0.3 is 5.97 Å². The van der Waals surface area contributed by atoms with Crippen LogP contribution in [-0.4, -0.2) is 23.8 Å². The summed E-state index contributed by atoms with van der Waals surface area (Å²) < 4.78 is 4.78. The Morgan fingerprint density at radius 2 is 2.24 bits per heavy atom. The average Bonchev–Trinajstić information content (AvgIpc) is 3.26. The van der Waals surface area contributed by atoms with Gasteiger partial charge in [0.2, 0.25) is 0 Å². The first-order valence-electron chi connectivity index (χ1n) is 6.96. The van der Waals surface area contributed by atoms with E-state index in [1.807, 2.05) is 24.3 Å². The number of nitrogen functional groups attached to an aromatic ring is 1. The van der Waals surface area contributed by atoms with Gasteiger partial charge in [-0.25, -0.2) is 0 Å². The van der Waals surface area contributed by atoms with E-state index in [0.717, 1.165) is 40.1 Å². The van der Waals surface area contributed by atoms with Crippen LogP contribution in [0.4, 0.5) is 5.69 Å². The summed E-state index contributed by atoms with van der Waals surface area (Å²) in [4.78, 5) is 16.8. The minimum atomic E-state index is -0.121. The van der Waals surface area contributed by atoms with Crippen LogP contribution in [0.2, 0.25) is 0 Å². The van der Waals surface area contributed by atoms with Gasteiger partial charge in [-0.1, -0.05) is 0 Å².